The monoisotopic (exact) mass is 466 g/mol. The molecule has 0 radical (unpaired) electrons. The number of amides is 1. The van der Waals surface area contributed by atoms with Crippen LogP contribution < -0.4 is 16.0 Å². The van der Waals surface area contributed by atoms with Crippen molar-refractivity contribution in [3.63, 3.8) is 0 Å². The molecular formula is C27H38N4OS. The molecule has 2 aliphatic heterocycles. The van der Waals surface area contributed by atoms with Crippen LogP contribution in [0.2, 0.25) is 0 Å². The highest BCUT2D eigenvalue weighted by Crippen LogP contribution is 2.58. The molecule has 2 atom stereocenters. The zero-order valence-electron chi connectivity index (χ0n) is 20.2. The second kappa shape index (κ2) is 10.4. The van der Waals surface area contributed by atoms with E-state index in [1.807, 2.05) is 0 Å². The molecule has 5 nitrogen and oxygen atoms in total. The predicted molar refractivity (Wildman–Crippen MR) is 140 cm³/mol. The minimum absolute atomic E-state index is 0.277. The van der Waals surface area contributed by atoms with Crippen molar-refractivity contribution in [3.05, 3.63) is 64.1 Å². The summed E-state index contributed by atoms with van der Waals surface area (Å²) in [4.78, 5) is 17.9. The summed E-state index contributed by atoms with van der Waals surface area (Å²) >= 11 is 3.53. The molecule has 1 aromatic carbocycles. The zero-order chi connectivity index (χ0) is 23.5. The molecule has 6 heteroatoms. The van der Waals surface area contributed by atoms with E-state index in [1.54, 1.807) is 6.26 Å². The Kier molecular flexibility index (Phi) is 7.55. The SMILES string of the molecule is CCC/C=C1\C(C(N)=O)=C2C(=C(N3CCNCC3)N1c1ccccc1C)C1CCC2C1.CS. The summed E-state index contributed by atoms with van der Waals surface area (Å²) in [7, 11) is 0. The average molecular weight is 467 g/mol. The molecule has 0 aromatic heterocycles. The van der Waals surface area contributed by atoms with Crippen molar-refractivity contribution in [3.8, 4) is 0 Å². The number of benzene rings is 1. The fourth-order valence-corrected chi connectivity index (χ4v) is 6.05. The second-order valence-electron chi connectivity index (χ2n) is 9.33. The van der Waals surface area contributed by atoms with Crippen molar-refractivity contribution in [2.24, 2.45) is 17.6 Å². The number of piperazine rings is 1. The summed E-state index contributed by atoms with van der Waals surface area (Å²) < 4.78 is 0. The van der Waals surface area contributed by atoms with Crippen molar-refractivity contribution in [2.75, 3.05) is 37.3 Å². The van der Waals surface area contributed by atoms with Crippen molar-refractivity contribution in [1.82, 2.24) is 10.2 Å². The molecule has 1 saturated heterocycles. The van der Waals surface area contributed by atoms with Gasteiger partial charge in [-0.2, -0.15) is 12.6 Å². The number of para-hydroxylation sites is 1. The number of fused-ring (bicyclic) bond motifs is 5. The summed E-state index contributed by atoms with van der Waals surface area (Å²) in [6.45, 7) is 8.30. The van der Waals surface area contributed by atoms with Gasteiger partial charge < -0.3 is 16.0 Å². The summed E-state index contributed by atoms with van der Waals surface area (Å²) in [6.07, 6.45) is 9.49. The quantitative estimate of drug-likeness (QED) is 0.564. The lowest BCUT2D eigenvalue weighted by atomic mass is 9.81. The van der Waals surface area contributed by atoms with Gasteiger partial charge in [-0.15, -0.1) is 0 Å². The number of hydrogen-bond acceptors (Lipinski definition) is 5. The van der Waals surface area contributed by atoms with E-state index in [9.17, 15) is 4.79 Å². The van der Waals surface area contributed by atoms with Gasteiger partial charge in [0.15, 0.2) is 0 Å². The number of nitrogens with zero attached hydrogens (tertiary/aromatic N) is 2. The third-order valence-electron chi connectivity index (χ3n) is 7.40. The Labute approximate surface area is 204 Å². The maximum atomic E-state index is 12.9. The zero-order valence-corrected chi connectivity index (χ0v) is 21.1. The fourth-order valence-electron chi connectivity index (χ4n) is 6.05. The second-order valence-corrected chi connectivity index (χ2v) is 9.33. The van der Waals surface area contributed by atoms with Gasteiger partial charge in [0.2, 0.25) is 0 Å². The number of primary amides is 1. The highest BCUT2D eigenvalue weighted by molar-refractivity contribution is 7.79. The van der Waals surface area contributed by atoms with Gasteiger partial charge >= 0.3 is 0 Å². The maximum absolute atomic E-state index is 12.9. The Morgan fingerprint density at radius 1 is 1.15 bits per heavy atom. The number of unbranched alkanes of at least 4 members (excludes halogenated alkanes) is 1. The van der Waals surface area contributed by atoms with Crippen LogP contribution in [0.25, 0.3) is 0 Å². The van der Waals surface area contributed by atoms with Gasteiger partial charge in [0.1, 0.15) is 5.82 Å². The molecule has 33 heavy (non-hydrogen) atoms. The number of carbonyl (C=O) groups excluding carboxylic acids is 1. The van der Waals surface area contributed by atoms with E-state index in [0.717, 1.165) is 56.0 Å². The van der Waals surface area contributed by atoms with Crippen LogP contribution in [0, 0.1) is 18.8 Å². The van der Waals surface area contributed by atoms with Gasteiger partial charge in [-0.25, -0.2) is 0 Å². The number of nitrogens with two attached hydrogens (primary N) is 1. The first-order valence-electron chi connectivity index (χ1n) is 12.4. The number of hydrogen-bond donors (Lipinski definition) is 3. The van der Waals surface area contributed by atoms with Crippen LogP contribution in [-0.2, 0) is 4.79 Å². The number of carbonyl (C=O) groups is 1. The summed E-state index contributed by atoms with van der Waals surface area (Å²) in [5.41, 5.74) is 12.9. The molecule has 2 heterocycles. The third kappa shape index (κ3) is 4.24. The first kappa shape index (κ1) is 24.0. The van der Waals surface area contributed by atoms with Gasteiger partial charge in [0.05, 0.1) is 17.0 Å². The lowest BCUT2D eigenvalue weighted by Gasteiger charge is -2.45. The summed E-state index contributed by atoms with van der Waals surface area (Å²) in [5.74, 6) is 2.05. The standard InChI is InChI=1S/C26H34N4O.CH4S/c1-3-4-8-21-24(25(27)31)22-18-10-11-19(16-18)23(22)26(29-14-12-28-13-15-29)30(21)20-9-6-5-7-17(20)2;1-2/h5-9,18-19,28H,3-4,10-16H2,1-2H3,(H2,27,31);2H,1H3/b21-8+;. The molecule has 1 amide bonds. The van der Waals surface area contributed by atoms with E-state index >= 15 is 0 Å². The van der Waals surface area contributed by atoms with Crippen molar-refractivity contribution >= 4 is 24.2 Å². The highest BCUT2D eigenvalue weighted by atomic mass is 32.1. The number of rotatable bonds is 5. The van der Waals surface area contributed by atoms with Crippen LogP contribution >= 0.6 is 12.6 Å². The first-order chi connectivity index (χ1) is 16.1. The number of nitrogens with one attached hydrogen (secondary N) is 1. The minimum Gasteiger partial charge on any atom is -0.366 e. The van der Waals surface area contributed by atoms with Crippen LogP contribution in [0.15, 0.2) is 58.6 Å². The molecule has 1 aromatic rings. The molecule has 3 N–H and O–H groups in total. The molecule has 5 rings (SSSR count). The van der Waals surface area contributed by atoms with Gasteiger partial charge in [-0.05, 0) is 67.9 Å². The Morgan fingerprint density at radius 2 is 1.82 bits per heavy atom. The summed E-state index contributed by atoms with van der Waals surface area (Å²) in [6, 6.07) is 8.54. The summed E-state index contributed by atoms with van der Waals surface area (Å²) in [5, 5.41) is 3.50. The third-order valence-corrected chi connectivity index (χ3v) is 7.40. The number of allylic oxidation sites excluding steroid dienone is 3. The van der Waals surface area contributed by atoms with Gasteiger partial charge in [0.25, 0.3) is 5.91 Å². The molecule has 2 saturated carbocycles. The topological polar surface area (TPSA) is 61.6 Å². The smallest absolute Gasteiger partial charge is 0.251 e. The first-order valence-corrected chi connectivity index (χ1v) is 13.3. The van der Waals surface area contributed by atoms with Crippen LogP contribution in [0.1, 0.15) is 44.6 Å². The molecule has 0 spiro atoms. The lowest BCUT2D eigenvalue weighted by Crippen LogP contribution is -2.49. The molecule has 2 unspecified atom stereocenters. The Bertz CT molecular complexity index is 990. The van der Waals surface area contributed by atoms with E-state index < -0.39 is 0 Å². The number of aryl methyl sites for hydroxylation is 1. The minimum atomic E-state index is -0.277. The molecule has 2 bridgehead atoms. The molecule has 4 aliphatic rings. The molecular weight excluding hydrogens is 428 g/mol. The number of thiol groups is 1. The lowest BCUT2D eigenvalue weighted by molar-refractivity contribution is -0.114. The van der Waals surface area contributed by atoms with Crippen LogP contribution in [0.5, 0.6) is 0 Å². The van der Waals surface area contributed by atoms with Crippen LogP contribution in [0.3, 0.4) is 0 Å². The van der Waals surface area contributed by atoms with Gasteiger partial charge in [0, 0.05) is 31.8 Å². The Balaban J connectivity index is 0.00000126. The van der Waals surface area contributed by atoms with E-state index in [1.165, 1.54) is 41.8 Å². The van der Waals surface area contributed by atoms with Gasteiger partial charge in [-0.1, -0.05) is 37.6 Å². The van der Waals surface area contributed by atoms with E-state index in [-0.39, 0.29) is 5.91 Å². The van der Waals surface area contributed by atoms with Crippen molar-refractivity contribution in [2.45, 2.75) is 46.0 Å². The average Bonchev–Trinajstić information content (AvgIpc) is 3.46. The molecule has 2 aliphatic carbocycles. The largest absolute Gasteiger partial charge is 0.366 e. The maximum Gasteiger partial charge on any atom is 0.251 e. The van der Waals surface area contributed by atoms with Gasteiger partial charge in [-0.3, -0.25) is 9.69 Å². The predicted octanol–water partition coefficient (Wildman–Crippen LogP) is 4.37. The molecule has 3 fully saturated rings. The van der Waals surface area contributed by atoms with Crippen LogP contribution in [0.4, 0.5) is 5.69 Å². The highest BCUT2D eigenvalue weighted by Gasteiger charge is 2.49. The van der Waals surface area contributed by atoms with Crippen molar-refractivity contribution in [1.29, 1.82) is 0 Å². The molecule has 178 valence electrons. The number of anilines is 1. The van der Waals surface area contributed by atoms with Crippen molar-refractivity contribution < 1.29 is 4.79 Å². The van der Waals surface area contributed by atoms with E-state index in [0.29, 0.717) is 11.8 Å². The van der Waals surface area contributed by atoms with E-state index in [4.69, 9.17) is 5.73 Å². The fraction of sp³-hybridized carbons (Fsp3) is 0.519. The normalized spacial score (nSPS) is 25.4. The Hall–Kier alpha value is -2.18. The van der Waals surface area contributed by atoms with E-state index in [2.05, 4.69) is 71.9 Å². The Morgan fingerprint density at radius 3 is 2.45 bits per heavy atom. The van der Waals surface area contributed by atoms with Crippen LogP contribution in [-0.4, -0.2) is 43.2 Å².